The zero-order valence-corrected chi connectivity index (χ0v) is 49.4. The summed E-state index contributed by atoms with van der Waals surface area (Å²) >= 11 is 0. The van der Waals surface area contributed by atoms with Crippen LogP contribution in [-0.2, 0) is 0 Å². The molecule has 0 radical (unpaired) electrons. The number of benzene rings is 6. The maximum atomic E-state index is 17.4. The van der Waals surface area contributed by atoms with Crippen LogP contribution in [0.1, 0.15) is 56.2 Å². The SMILES string of the molecule is FC1=C(F)C2=C(c3c(F)c(F)c(F)c(F)c3F)c3ccc([nH]3)C(c3c(F)c(F)c(F)c(F)c3F)=c3ccc([nH]3)=C(c3c(F)c(F)c(F)c(F)c3F)C3=NC(=C(c4c(F)c(F)c(F)c(F)c4F)c4ccc([nH]4)C(c4c(F)c(F)c(F)c(F)c4F)=c4ccc([nH]4)=C(c4c(F)c(F)c(F)c(F)c4F)C1=N2)C(F)=C3F. The summed E-state index contributed by atoms with van der Waals surface area (Å²) in [5.74, 6) is -105. The van der Waals surface area contributed by atoms with E-state index in [9.17, 15) is 26.3 Å². The molecule has 4 aromatic heterocycles. The van der Waals surface area contributed by atoms with E-state index in [4.69, 9.17) is 0 Å². The smallest absolute Gasteiger partial charge is 0.200 e. The van der Waals surface area contributed by atoms with Gasteiger partial charge in [-0.3, -0.25) is 0 Å². The standard InChI is InChI=1S/C66H12F34N6/c67-29-23(30(68)42(80)53(91)41(29)79)17-9-1-5-13(101-9)19(25-33(71)45(83)55(93)46(84)34(25)72)63-59(97)60(98)64(105-63)21(27-37(75)49(87)57(95)50(88)38(27)76)15-7-3-11(103-15)18(24-31(69)43(81)54(92)44(82)32(24)70)12-4-8-16(104-12)22(28-39(77)51(89)58(96)52(90)40(28)78)66-62(100)61(99)65(106-66)20(14-6-2-10(17)102-14)26-35(73)47(85)56(94)48(86)36(26)74/h1-8,101-104H. The van der Waals surface area contributed by atoms with Gasteiger partial charge in [0.2, 0.25) is 34.9 Å². The molecule has 0 unspecified atom stereocenters. The summed E-state index contributed by atoms with van der Waals surface area (Å²) in [7, 11) is 0. The molecule has 40 heteroatoms. The van der Waals surface area contributed by atoms with E-state index in [1.54, 1.807) is 19.9 Å². The predicted molar refractivity (Wildman–Crippen MR) is 293 cm³/mol. The highest BCUT2D eigenvalue weighted by atomic mass is 19.2. The fourth-order valence-electron chi connectivity index (χ4n) is 11.5. The fourth-order valence-corrected chi connectivity index (χ4v) is 11.5. The van der Waals surface area contributed by atoms with Crippen LogP contribution < -0.4 is 21.4 Å². The molecule has 106 heavy (non-hydrogen) atoms. The van der Waals surface area contributed by atoms with E-state index < -0.39 is 332 Å². The van der Waals surface area contributed by atoms with Gasteiger partial charge in [0.25, 0.3) is 0 Å². The molecule has 3 aliphatic heterocycles. The van der Waals surface area contributed by atoms with Gasteiger partial charge in [-0.15, -0.1) is 0 Å². The molecule has 3 aliphatic rings. The molecule has 0 aliphatic carbocycles. The van der Waals surface area contributed by atoms with Crippen LogP contribution in [-0.4, -0.2) is 31.4 Å². The molecule has 6 nitrogen and oxygen atoms in total. The molecule has 7 heterocycles. The second-order valence-corrected chi connectivity index (χ2v) is 21.9. The predicted octanol–water partition coefficient (Wildman–Crippen LogP) is 16.5. The topological polar surface area (TPSA) is 87.9 Å². The maximum Gasteiger partial charge on any atom is 0.200 e. The van der Waals surface area contributed by atoms with Crippen LogP contribution in [0.3, 0.4) is 0 Å². The first kappa shape index (κ1) is 72.2. The first-order valence-corrected chi connectivity index (χ1v) is 28.0. The first-order valence-electron chi connectivity index (χ1n) is 28.0. The molecule has 10 aromatic rings. The lowest BCUT2D eigenvalue weighted by Crippen LogP contribution is -2.23. The first-order chi connectivity index (χ1) is 49.8. The van der Waals surface area contributed by atoms with Gasteiger partial charge in [-0.25, -0.2) is 159 Å². The number of nitrogens with zero attached hydrogens (tertiary/aromatic N) is 2. The number of H-pyrrole nitrogens is 4. The largest absolute Gasteiger partial charge is 0.354 e. The molecular formula is C66H12F34N6. The van der Waals surface area contributed by atoms with E-state index >= 15 is 123 Å². The van der Waals surface area contributed by atoms with Gasteiger partial charge in [0.05, 0.1) is 33.4 Å². The van der Waals surface area contributed by atoms with E-state index in [0.29, 0.717) is 0 Å². The van der Waals surface area contributed by atoms with Crippen LogP contribution in [0.2, 0.25) is 0 Å². The molecule has 0 saturated carbocycles. The van der Waals surface area contributed by atoms with E-state index in [1.165, 1.54) is 0 Å². The van der Waals surface area contributed by atoms with Gasteiger partial charge < -0.3 is 19.9 Å². The van der Waals surface area contributed by atoms with Crippen molar-refractivity contribution in [1.29, 1.82) is 0 Å². The summed E-state index contributed by atoms with van der Waals surface area (Å²) < 4.78 is 542. The van der Waals surface area contributed by atoms with Gasteiger partial charge in [-0.1, -0.05) is 0 Å². The van der Waals surface area contributed by atoms with Gasteiger partial charge in [-0.2, -0.15) is 0 Å². The van der Waals surface area contributed by atoms with Crippen molar-refractivity contribution in [3.63, 3.8) is 0 Å². The number of hydrogen-bond donors (Lipinski definition) is 4. The molecule has 12 bridgehead atoms. The maximum absolute atomic E-state index is 17.4. The van der Waals surface area contributed by atoms with Gasteiger partial charge in [0.15, 0.2) is 163 Å². The third-order valence-corrected chi connectivity index (χ3v) is 16.3. The Bertz CT molecular complexity index is 5700. The van der Waals surface area contributed by atoms with Crippen molar-refractivity contribution >= 4 is 44.9 Å². The number of allylic oxidation sites excluding steroid dienone is 4. The number of aliphatic imine (C=N–C) groups is 2. The zero-order valence-electron chi connectivity index (χ0n) is 49.4. The van der Waals surface area contributed by atoms with Crippen molar-refractivity contribution in [2.75, 3.05) is 0 Å². The van der Waals surface area contributed by atoms with E-state index in [1.807, 2.05) is 0 Å². The second-order valence-electron chi connectivity index (χ2n) is 21.9. The Morgan fingerprint density at radius 2 is 0.321 bits per heavy atom. The van der Waals surface area contributed by atoms with Gasteiger partial charge in [-0.05, 0) is 48.5 Å². The molecule has 0 fully saturated rings. The Hall–Kier alpha value is -12.2. The number of fused-ring (bicyclic) bond motifs is 10. The molecule has 13 rings (SSSR count). The van der Waals surface area contributed by atoms with Crippen LogP contribution in [0.25, 0.3) is 33.4 Å². The average molecular weight is 1530 g/mol. The molecule has 0 spiro atoms. The van der Waals surface area contributed by atoms with Crippen LogP contribution >= 0.6 is 0 Å². The number of aromatic amines is 4. The number of hydrogen-bond acceptors (Lipinski definition) is 2. The Labute approximate surface area is 558 Å². The second kappa shape index (κ2) is 25.3. The van der Waals surface area contributed by atoms with Crippen LogP contribution in [0.5, 0.6) is 0 Å². The van der Waals surface area contributed by atoms with Crippen molar-refractivity contribution in [3.05, 3.63) is 335 Å². The number of aromatic nitrogens is 4. The van der Waals surface area contributed by atoms with E-state index in [0.717, 1.165) is 0 Å². The van der Waals surface area contributed by atoms with Crippen molar-refractivity contribution in [2.24, 2.45) is 9.98 Å². The van der Waals surface area contributed by atoms with Crippen LogP contribution in [0.4, 0.5) is 149 Å². The molecule has 0 saturated heterocycles. The van der Waals surface area contributed by atoms with Crippen molar-refractivity contribution in [3.8, 4) is 0 Å². The minimum atomic E-state index is -3.17. The number of rotatable bonds is 6. The van der Waals surface area contributed by atoms with Gasteiger partial charge >= 0.3 is 0 Å². The Morgan fingerprint density at radius 3 is 0.528 bits per heavy atom. The summed E-state index contributed by atoms with van der Waals surface area (Å²) in [6.45, 7) is 0. The molecule has 0 amide bonds. The molecule has 544 valence electrons. The monoisotopic (exact) mass is 1530 g/mol. The normalized spacial score (nSPS) is 14.4. The Balaban J connectivity index is 1.33. The van der Waals surface area contributed by atoms with Crippen molar-refractivity contribution in [1.82, 2.24) is 19.9 Å². The van der Waals surface area contributed by atoms with Crippen LogP contribution in [0, 0.1) is 175 Å². The lowest BCUT2D eigenvalue weighted by molar-refractivity contribution is 0.376. The molecule has 4 N–H and O–H groups in total. The average Bonchev–Trinajstić information content (AvgIpc) is 1.56. The summed E-state index contributed by atoms with van der Waals surface area (Å²) in [5, 5.41) is -6.65. The summed E-state index contributed by atoms with van der Waals surface area (Å²) in [5.41, 5.74) is -44.3. The summed E-state index contributed by atoms with van der Waals surface area (Å²) in [6, 6.07) is 0.653. The third-order valence-electron chi connectivity index (χ3n) is 16.3. The third kappa shape index (κ3) is 10.3. The van der Waals surface area contributed by atoms with Crippen LogP contribution in [0.15, 0.2) is 93.2 Å². The Morgan fingerprint density at radius 1 is 0.160 bits per heavy atom. The molecule has 0 atom stereocenters. The van der Waals surface area contributed by atoms with Crippen molar-refractivity contribution < 1.29 is 149 Å². The fraction of sp³-hybridized carbons (Fsp3) is 0. The lowest BCUT2D eigenvalue weighted by Gasteiger charge is -2.14. The lowest BCUT2D eigenvalue weighted by atomic mass is 9.97. The van der Waals surface area contributed by atoms with E-state index in [2.05, 4.69) is 9.98 Å². The summed E-state index contributed by atoms with van der Waals surface area (Å²) in [4.78, 5) is 13.7. The van der Waals surface area contributed by atoms with Crippen molar-refractivity contribution in [2.45, 2.75) is 0 Å². The number of nitrogens with one attached hydrogen (secondary N) is 4. The quantitative estimate of drug-likeness (QED) is 0.0726. The van der Waals surface area contributed by atoms with Gasteiger partial charge in [0, 0.05) is 77.6 Å². The van der Waals surface area contributed by atoms with Gasteiger partial charge in [0.1, 0.15) is 22.8 Å². The Kier molecular flexibility index (Phi) is 17.3. The summed E-state index contributed by atoms with van der Waals surface area (Å²) in [6.07, 6.45) is 0. The van der Waals surface area contributed by atoms with E-state index in [-0.39, 0.29) is 48.5 Å². The highest BCUT2D eigenvalue weighted by Crippen LogP contribution is 2.47. The highest BCUT2D eigenvalue weighted by molar-refractivity contribution is 6.33. The number of halogens is 34. The molecule has 6 aromatic carbocycles. The highest BCUT2D eigenvalue weighted by Gasteiger charge is 2.43. The minimum absolute atomic E-state index is 0.0545. The minimum Gasteiger partial charge on any atom is -0.354 e. The zero-order chi connectivity index (χ0) is 77.4. The molecular weight excluding hydrogens is 1520 g/mol.